The molecule has 0 saturated carbocycles. The molecule has 0 aliphatic carbocycles. The van der Waals surface area contributed by atoms with Crippen molar-refractivity contribution in [3.05, 3.63) is 64.3 Å². The molecule has 1 heterocycles. The Hall–Kier alpha value is -2.66. The fraction of sp³-hybridized carbons (Fsp3) is 0.0625. The minimum atomic E-state index is -0.523. The molecule has 0 aliphatic heterocycles. The van der Waals surface area contributed by atoms with E-state index in [0.717, 1.165) is 6.26 Å². The monoisotopic (exact) mass is 286 g/mol. The van der Waals surface area contributed by atoms with E-state index in [1.54, 1.807) is 6.07 Å². The van der Waals surface area contributed by atoms with Gasteiger partial charge in [0.25, 0.3) is 0 Å². The number of phenols is 1. The fourth-order valence-corrected chi connectivity index (χ4v) is 2.27. The molecule has 2 N–H and O–H groups in total. The second kappa shape index (κ2) is 5.03. The van der Waals surface area contributed by atoms with Crippen molar-refractivity contribution in [1.82, 2.24) is 0 Å². The first-order chi connectivity index (χ1) is 10.1. The summed E-state index contributed by atoms with van der Waals surface area (Å²) in [5.41, 5.74) is 0.0466. The Labute approximate surface area is 118 Å². The molecule has 2 aromatic carbocycles. The van der Waals surface area contributed by atoms with Crippen molar-refractivity contribution in [3.8, 4) is 16.9 Å². The summed E-state index contributed by atoms with van der Waals surface area (Å²) in [6, 6.07) is 8.59. The zero-order chi connectivity index (χ0) is 15.0. The van der Waals surface area contributed by atoms with Gasteiger partial charge in [0.15, 0.2) is 0 Å². The van der Waals surface area contributed by atoms with Crippen molar-refractivity contribution in [3.63, 3.8) is 0 Å². The van der Waals surface area contributed by atoms with Crippen LogP contribution in [-0.4, -0.2) is 10.2 Å². The third-order valence-electron chi connectivity index (χ3n) is 3.34. The minimum Gasteiger partial charge on any atom is -0.507 e. The van der Waals surface area contributed by atoms with Crippen LogP contribution >= 0.6 is 0 Å². The maximum Gasteiger partial charge on any atom is 0.200 e. The number of hydrogen-bond acceptors (Lipinski definition) is 4. The van der Waals surface area contributed by atoms with E-state index in [1.807, 2.05) is 0 Å². The van der Waals surface area contributed by atoms with E-state index in [9.17, 15) is 19.4 Å². The van der Waals surface area contributed by atoms with E-state index in [4.69, 9.17) is 4.42 Å². The summed E-state index contributed by atoms with van der Waals surface area (Å²) >= 11 is 0. The predicted octanol–water partition coefficient (Wildman–Crippen LogP) is 2.80. The van der Waals surface area contributed by atoms with E-state index in [2.05, 4.69) is 0 Å². The number of rotatable bonds is 2. The van der Waals surface area contributed by atoms with E-state index in [-0.39, 0.29) is 33.4 Å². The lowest BCUT2D eigenvalue weighted by Crippen LogP contribution is -2.07. The molecule has 3 aromatic rings. The summed E-state index contributed by atoms with van der Waals surface area (Å²) < 4.78 is 19.2. The van der Waals surface area contributed by atoms with E-state index in [1.165, 1.54) is 30.3 Å². The van der Waals surface area contributed by atoms with Gasteiger partial charge >= 0.3 is 0 Å². The topological polar surface area (TPSA) is 70.7 Å². The van der Waals surface area contributed by atoms with Gasteiger partial charge in [0.2, 0.25) is 5.43 Å². The molecule has 0 unspecified atom stereocenters. The number of aromatic hydroxyl groups is 1. The first-order valence-corrected chi connectivity index (χ1v) is 6.25. The third-order valence-corrected chi connectivity index (χ3v) is 3.34. The summed E-state index contributed by atoms with van der Waals surface area (Å²) in [7, 11) is 0. The van der Waals surface area contributed by atoms with Crippen LogP contribution in [0.25, 0.3) is 22.1 Å². The number of halogens is 1. The zero-order valence-electron chi connectivity index (χ0n) is 10.8. The molecule has 106 valence electrons. The van der Waals surface area contributed by atoms with Gasteiger partial charge < -0.3 is 14.6 Å². The second-order valence-corrected chi connectivity index (χ2v) is 4.56. The van der Waals surface area contributed by atoms with Gasteiger partial charge in [0.05, 0.1) is 23.1 Å². The minimum absolute atomic E-state index is 0.0928. The average Bonchev–Trinajstić information content (AvgIpc) is 2.48. The average molecular weight is 286 g/mol. The van der Waals surface area contributed by atoms with Gasteiger partial charge in [0.1, 0.15) is 23.4 Å². The Balaban J connectivity index is 2.35. The SMILES string of the molecule is O=c1c(-c2ccccc2F)coc2c(CO)c(O)ccc12. The largest absolute Gasteiger partial charge is 0.507 e. The molecule has 0 spiro atoms. The molecule has 0 radical (unpaired) electrons. The Kier molecular flexibility index (Phi) is 3.19. The molecule has 21 heavy (non-hydrogen) atoms. The predicted molar refractivity (Wildman–Crippen MR) is 75.5 cm³/mol. The molecular weight excluding hydrogens is 275 g/mol. The summed E-state index contributed by atoms with van der Waals surface area (Å²) in [5.74, 6) is -0.683. The summed E-state index contributed by atoms with van der Waals surface area (Å²) in [5, 5.41) is 19.1. The van der Waals surface area contributed by atoms with Crippen LogP contribution in [0.2, 0.25) is 0 Å². The lowest BCUT2D eigenvalue weighted by Gasteiger charge is -2.07. The molecule has 1 aromatic heterocycles. The van der Waals surface area contributed by atoms with Gasteiger partial charge in [-0.2, -0.15) is 0 Å². The van der Waals surface area contributed by atoms with E-state index >= 15 is 0 Å². The number of hydrogen-bond donors (Lipinski definition) is 2. The normalized spacial score (nSPS) is 11.0. The van der Waals surface area contributed by atoms with Crippen molar-refractivity contribution in [1.29, 1.82) is 0 Å². The highest BCUT2D eigenvalue weighted by Crippen LogP contribution is 2.28. The Bertz CT molecular complexity index is 883. The number of aliphatic hydroxyl groups excluding tert-OH is 1. The smallest absolute Gasteiger partial charge is 0.200 e. The molecule has 5 heteroatoms. The summed E-state index contributed by atoms with van der Waals surface area (Å²) in [6.07, 6.45) is 1.14. The Morgan fingerprint density at radius 1 is 1.10 bits per heavy atom. The lowest BCUT2D eigenvalue weighted by molar-refractivity contribution is 0.275. The van der Waals surface area contributed by atoms with Crippen LogP contribution in [-0.2, 0) is 6.61 Å². The van der Waals surface area contributed by atoms with Crippen LogP contribution in [0, 0.1) is 5.82 Å². The summed E-state index contributed by atoms with van der Waals surface area (Å²) in [6.45, 7) is -0.467. The van der Waals surface area contributed by atoms with E-state index < -0.39 is 17.9 Å². The quantitative estimate of drug-likeness (QED) is 0.760. The molecule has 3 rings (SSSR count). The number of benzene rings is 2. The van der Waals surface area contributed by atoms with Crippen molar-refractivity contribution >= 4 is 11.0 Å². The maximum atomic E-state index is 13.8. The first-order valence-electron chi connectivity index (χ1n) is 6.25. The highest BCUT2D eigenvalue weighted by atomic mass is 19.1. The highest BCUT2D eigenvalue weighted by Gasteiger charge is 2.16. The molecule has 0 bridgehead atoms. The summed E-state index contributed by atoms with van der Waals surface area (Å²) in [4.78, 5) is 12.5. The fourth-order valence-electron chi connectivity index (χ4n) is 2.27. The molecule has 0 amide bonds. The highest BCUT2D eigenvalue weighted by molar-refractivity contribution is 5.85. The van der Waals surface area contributed by atoms with Crippen LogP contribution in [0.1, 0.15) is 5.56 Å². The standard InChI is InChI=1S/C16H11FO4/c17-13-4-2-1-3-9(13)12-8-21-16-10(15(12)20)5-6-14(19)11(16)7-18/h1-6,8,18-19H,7H2. The third kappa shape index (κ3) is 2.08. The molecular formula is C16H11FO4. The first kappa shape index (κ1) is 13.3. The molecule has 0 saturated heterocycles. The van der Waals surface area contributed by atoms with Crippen molar-refractivity contribution in [2.24, 2.45) is 0 Å². The maximum absolute atomic E-state index is 13.8. The Morgan fingerprint density at radius 2 is 1.86 bits per heavy atom. The Morgan fingerprint density at radius 3 is 2.57 bits per heavy atom. The number of fused-ring (bicyclic) bond motifs is 1. The number of aliphatic hydroxyl groups is 1. The van der Waals surface area contributed by atoms with E-state index in [0.29, 0.717) is 0 Å². The van der Waals surface area contributed by atoms with Gasteiger partial charge in [-0.25, -0.2) is 4.39 Å². The van der Waals surface area contributed by atoms with Gasteiger partial charge in [0, 0.05) is 5.56 Å². The van der Waals surface area contributed by atoms with Gasteiger partial charge in [-0.3, -0.25) is 4.79 Å². The van der Waals surface area contributed by atoms with Crippen LogP contribution < -0.4 is 5.43 Å². The molecule has 4 nitrogen and oxygen atoms in total. The molecule has 0 aliphatic rings. The van der Waals surface area contributed by atoms with Gasteiger partial charge in [-0.05, 0) is 18.2 Å². The van der Waals surface area contributed by atoms with Crippen LogP contribution in [0.4, 0.5) is 4.39 Å². The lowest BCUT2D eigenvalue weighted by atomic mass is 10.0. The molecule has 0 fully saturated rings. The van der Waals surface area contributed by atoms with Crippen molar-refractivity contribution in [2.75, 3.05) is 0 Å². The second-order valence-electron chi connectivity index (χ2n) is 4.56. The van der Waals surface area contributed by atoms with Gasteiger partial charge in [-0.1, -0.05) is 18.2 Å². The van der Waals surface area contributed by atoms with Crippen LogP contribution in [0.15, 0.2) is 51.9 Å². The molecule has 0 atom stereocenters. The van der Waals surface area contributed by atoms with Crippen LogP contribution in [0.5, 0.6) is 5.75 Å². The van der Waals surface area contributed by atoms with Gasteiger partial charge in [-0.15, -0.1) is 0 Å². The van der Waals surface area contributed by atoms with Crippen molar-refractivity contribution in [2.45, 2.75) is 6.61 Å². The van der Waals surface area contributed by atoms with Crippen LogP contribution in [0.3, 0.4) is 0 Å². The zero-order valence-corrected chi connectivity index (χ0v) is 10.8. The van der Waals surface area contributed by atoms with Crippen molar-refractivity contribution < 1.29 is 19.0 Å².